The first-order valence-electron chi connectivity index (χ1n) is 7.65. The van der Waals surface area contributed by atoms with E-state index in [1.54, 1.807) is 9.30 Å². The number of aromatic nitrogens is 2. The highest BCUT2D eigenvalue weighted by Crippen LogP contribution is 2.19. The number of pyridine rings is 1. The van der Waals surface area contributed by atoms with Gasteiger partial charge in [0.1, 0.15) is 11.3 Å². The first-order chi connectivity index (χ1) is 11.0. The van der Waals surface area contributed by atoms with Gasteiger partial charge in [-0.05, 0) is 40.9 Å². The van der Waals surface area contributed by atoms with E-state index in [-0.39, 0.29) is 18.9 Å². The van der Waals surface area contributed by atoms with Crippen LogP contribution >= 0.6 is 15.9 Å². The zero-order valence-electron chi connectivity index (χ0n) is 13.3. The maximum Gasteiger partial charge on any atom is 0.305 e. The van der Waals surface area contributed by atoms with Crippen molar-refractivity contribution in [2.45, 2.75) is 33.1 Å². The number of carboxylic acids is 1. The smallest absolute Gasteiger partial charge is 0.305 e. The summed E-state index contributed by atoms with van der Waals surface area (Å²) in [6.07, 6.45) is 3.16. The number of carboxylic acid groups (broad SMARTS) is 1. The fourth-order valence-corrected chi connectivity index (χ4v) is 2.84. The van der Waals surface area contributed by atoms with E-state index < -0.39 is 5.97 Å². The molecule has 0 fully saturated rings. The average molecular weight is 382 g/mol. The molecule has 0 unspecified atom stereocenters. The Kier molecular flexibility index (Phi) is 5.76. The molecule has 0 saturated carbocycles. The van der Waals surface area contributed by atoms with Crippen LogP contribution in [0.15, 0.2) is 22.8 Å². The highest BCUT2D eigenvalue weighted by atomic mass is 79.9. The van der Waals surface area contributed by atoms with E-state index in [1.807, 2.05) is 32.2 Å². The number of hydrogen-bond donors (Lipinski definition) is 1. The first-order valence-corrected chi connectivity index (χ1v) is 8.44. The second-order valence-electron chi connectivity index (χ2n) is 5.27. The van der Waals surface area contributed by atoms with Crippen LogP contribution < -0.4 is 0 Å². The number of aliphatic carboxylic acids is 1. The maximum absolute atomic E-state index is 13.0. The Morgan fingerprint density at radius 1 is 1.30 bits per heavy atom. The fraction of sp³-hybridized carbons (Fsp3) is 0.438. The van der Waals surface area contributed by atoms with E-state index in [4.69, 9.17) is 5.11 Å². The molecule has 124 valence electrons. The van der Waals surface area contributed by atoms with Crippen molar-refractivity contribution in [2.75, 3.05) is 13.1 Å². The lowest BCUT2D eigenvalue weighted by Gasteiger charge is -2.21. The van der Waals surface area contributed by atoms with E-state index in [2.05, 4.69) is 20.9 Å². The summed E-state index contributed by atoms with van der Waals surface area (Å²) in [5.74, 6) is -1.08. The quantitative estimate of drug-likeness (QED) is 0.799. The molecular formula is C16H20BrN3O3. The Bertz CT molecular complexity index is 727. The van der Waals surface area contributed by atoms with Crippen LogP contribution in [-0.2, 0) is 11.2 Å². The molecular weight excluding hydrogens is 362 g/mol. The van der Waals surface area contributed by atoms with Crippen LogP contribution in [0, 0.1) is 0 Å². The van der Waals surface area contributed by atoms with Crippen molar-refractivity contribution in [1.82, 2.24) is 14.3 Å². The minimum Gasteiger partial charge on any atom is -0.481 e. The predicted molar refractivity (Wildman–Crippen MR) is 90.7 cm³/mol. The lowest BCUT2D eigenvalue weighted by atomic mass is 10.2. The van der Waals surface area contributed by atoms with Crippen molar-refractivity contribution in [2.24, 2.45) is 0 Å². The van der Waals surface area contributed by atoms with Gasteiger partial charge in [-0.2, -0.15) is 0 Å². The number of halogens is 1. The van der Waals surface area contributed by atoms with Crippen LogP contribution in [0.2, 0.25) is 0 Å². The number of hydrogen-bond acceptors (Lipinski definition) is 3. The summed E-state index contributed by atoms with van der Waals surface area (Å²) in [6.45, 7) is 4.64. The normalized spacial score (nSPS) is 10.9. The number of nitrogens with zero attached hydrogens (tertiary/aromatic N) is 3. The standard InChI is InChI=1S/C16H20BrN3O3/c1-3-8-19(9-7-14(21)22)16(23)15-12(4-2)18-13-6-5-11(17)10-20(13)15/h5-6,10H,3-4,7-9H2,1-2H3,(H,21,22). The van der Waals surface area contributed by atoms with Gasteiger partial charge in [-0.15, -0.1) is 0 Å². The molecule has 0 radical (unpaired) electrons. The average Bonchev–Trinajstić information content (AvgIpc) is 2.88. The van der Waals surface area contributed by atoms with Crippen molar-refractivity contribution in [3.8, 4) is 0 Å². The Balaban J connectivity index is 2.44. The largest absolute Gasteiger partial charge is 0.481 e. The third-order valence-electron chi connectivity index (χ3n) is 3.57. The van der Waals surface area contributed by atoms with E-state index >= 15 is 0 Å². The summed E-state index contributed by atoms with van der Waals surface area (Å²) in [7, 11) is 0. The number of carbonyl (C=O) groups is 2. The Morgan fingerprint density at radius 2 is 2.04 bits per heavy atom. The summed E-state index contributed by atoms with van der Waals surface area (Å²) in [5.41, 5.74) is 1.95. The lowest BCUT2D eigenvalue weighted by molar-refractivity contribution is -0.137. The summed E-state index contributed by atoms with van der Waals surface area (Å²) >= 11 is 3.41. The summed E-state index contributed by atoms with van der Waals surface area (Å²) < 4.78 is 2.63. The van der Waals surface area contributed by atoms with Crippen LogP contribution in [-0.4, -0.2) is 44.4 Å². The van der Waals surface area contributed by atoms with Gasteiger partial charge >= 0.3 is 5.97 Å². The van der Waals surface area contributed by atoms with E-state index in [9.17, 15) is 9.59 Å². The molecule has 6 nitrogen and oxygen atoms in total. The van der Waals surface area contributed by atoms with Crippen molar-refractivity contribution in [3.63, 3.8) is 0 Å². The lowest BCUT2D eigenvalue weighted by Crippen LogP contribution is -2.35. The number of fused-ring (bicyclic) bond motifs is 1. The molecule has 2 aromatic rings. The van der Waals surface area contributed by atoms with Gasteiger partial charge in [0.15, 0.2) is 0 Å². The van der Waals surface area contributed by atoms with E-state index in [1.165, 1.54) is 0 Å². The highest BCUT2D eigenvalue weighted by Gasteiger charge is 2.23. The summed E-state index contributed by atoms with van der Waals surface area (Å²) in [6, 6.07) is 3.73. The van der Waals surface area contributed by atoms with Crippen molar-refractivity contribution in [1.29, 1.82) is 0 Å². The molecule has 2 rings (SSSR count). The maximum atomic E-state index is 13.0. The molecule has 1 N–H and O–H groups in total. The fourth-order valence-electron chi connectivity index (χ4n) is 2.51. The molecule has 2 heterocycles. The molecule has 0 aliphatic carbocycles. The van der Waals surface area contributed by atoms with E-state index in [0.29, 0.717) is 24.3 Å². The Labute approximate surface area is 143 Å². The molecule has 0 atom stereocenters. The molecule has 0 aliphatic heterocycles. The molecule has 7 heteroatoms. The van der Waals surface area contributed by atoms with Crippen molar-refractivity contribution >= 4 is 33.5 Å². The minimum atomic E-state index is -0.907. The molecule has 2 aromatic heterocycles. The Hall–Kier alpha value is -1.89. The summed E-state index contributed by atoms with van der Waals surface area (Å²) in [4.78, 5) is 29.9. The van der Waals surface area contributed by atoms with Crippen molar-refractivity contribution in [3.05, 3.63) is 34.2 Å². The molecule has 0 spiro atoms. The zero-order chi connectivity index (χ0) is 17.0. The summed E-state index contributed by atoms with van der Waals surface area (Å²) in [5, 5.41) is 8.89. The van der Waals surface area contributed by atoms with Gasteiger partial charge in [-0.3, -0.25) is 14.0 Å². The van der Waals surface area contributed by atoms with Gasteiger partial charge < -0.3 is 10.0 Å². The zero-order valence-corrected chi connectivity index (χ0v) is 14.8. The third-order valence-corrected chi connectivity index (χ3v) is 4.04. The van der Waals surface area contributed by atoms with Gasteiger partial charge in [-0.1, -0.05) is 13.8 Å². The van der Waals surface area contributed by atoms with E-state index in [0.717, 1.165) is 16.6 Å². The molecule has 0 aliphatic rings. The third kappa shape index (κ3) is 3.90. The Morgan fingerprint density at radius 3 is 2.65 bits per heavy atom. The second-order valence-corrected chi connectivity index (χ2v) is 6.19. The monoisotopic (exact) mass is 381 g/mol. The van der Waals surface area contributed by atoms with Gasteiger partial charge in [-0.25, -0.2) is 4.98 Å². The van der Waals surface area contributed by atoms with Gasteiger partial charge in [0, 0.05) is 23.8 Å². The van der Waals surface area contributed by atoms with Gasteiger partial charge in [0.25, 0.3) is 5.91 Å². The molecule has 1 amide bonds. The number of carbonyl (C=O) groups excluding carboxylic acids is 1. The number of amides is 1. The van der Waals surface area contributed by atoms with Crippen LogP contribution in [0.1, 0.15) is 42.9 Å². The van der Waals surface area contributed by atoms with Crippen molar-refractivity contribution < 1.29 is 14.7 Å². The number of imidazole rings is 1. The van der Waals surface area contributed by atoms with Crippen LogP contribution in [0.25, 0.3) is 5.65 Å². The molecule has 0 aromatic carbocycles. The minimum absolute atomic E-state index is 0.0619. The predicted octanol–water partition coefficient (Wildman–Crippen LogP) is 2.99. The SMILES string of the molecule is CCCN(CCC(=O)O)C(=O)c1c(CC)nc2ccc(Br)cn12. The molecule has 0 saturated heterocycles. The first kappa shape index (κ1) is 17.5. The highest BCUT2D eigenvalue weighted by molar-refractivity contribution is 9.10. The van der Waals surface area contributed by atoms with Crippen LogP contribution in [0.3, 0.4) is 0 Å². The van der Waals surface area contributed by atoms with Crippen LogP contribution in [0.5, 0.6) is 0 Å². The van der Waals surface area contributed by atoms with Crippen LogP contribution in [0.4, 0.5) is 0 Å². The molecule has 0 bridgehead atoms. The topological polar surface area (TPSA) is 74.9 Å². The molecule has 23 heavy (non-hydrogen) atoms. The van der Waals surface area contributed by atoms with Gasteiger partial charge in [0.05, 0.1) is 12.1 Å². The number of aryl methyl sites for hydroxylation is 1. The number of rotatable bonds is 7. The second kappa shape index (κ2) is 7.59. The van der Waals surface area contributed by atoms with Gasteiger partial charge in [0.2, 0.25) is 0 Å².